The summed E-state index contributed by atoms with van der Waals surface area (Å²) in [6.45, 7) is 6.75. The van der Waals surface area contributed by atoms with E-state index < -0.39 is 0 Å². The number of thiophene rings is 1. The van der Waals surface area contributed by atoms with Crippen LogP contribution in [0, 0.1) is 13.8 Å². The van der Waals surface area contributed by atoms with Crippen molar-refractivity contribution in [1.82, 2.24) is 9.97 Å². The zero-order chi connectivity index (χ0) is 19.0. The van der Waals surface area contributed by atoms with Gasteiger partial charge in [-0.3, -0.25) is 4.79 Å². The molecule has 6 nitrogen and oxygen atoms in total. The van der Waals surface area contributed by atoms with Gasteiger partial charge in [0, 0.05) is 23.8 Å². The number of amides is 1. The molecule has 140 valence electrons. The van der Waals surface area contributed by atoms with E-state index >= 15 is 0 Å². The average Bonchev–Trinajstić information content (AvgIpc) is 2.98. The Hall–Kier alpha value is -2.22. The number of aryl methyl sites for hydroxylation is 2. The molecule has 4 rings (SSSR count). The summed E-state index contributed by atoms with van der Waals surface area (Å²) in [5, 5.41) is 4.45. The smallest absolute Gasteiger partial charge is 0.266 e. The molecule has 1 saturated heterocycles. The fraction of sp³-hybridized carbons (Fsp3) is 0.316. The molecule has 0 bridgehead atoms. The Labute approximate surface area is 166 Å². The Morgan fingerprint density at radius 1 is 1.26 bits per heavy atom. The summed E-state index contributed by atoms with van der Waals surface area (Å²) in [6.07, 6.45) is 0. The lowest BCUT2D eigenvalue weighted by Gasteiger charge is -2.28. The van der Waals surface area contributed by atoms with Gasteiger partial charge in [-0.1, -0.05) is 17.7 Å². The highest BCUT2D eigenvalue weighted by molar-refractivity contribution is 7.20. The first-order valence-corrected chi connectivity index (χ1v) is 9.90. The number of halogens is 1. The first kappa shape index (κ1) is 18.2. The second kappa shape index (κ2) is 7.42. The number of morpholine rings is 1. The summed E-state index contributed by atoms with van der Waals surface area (Å²) in [5.74, 6) is 1.42. The van der Waals surface area contributed by atoms with Crippen LogP contribution in [-0.2, 0) is 4.74 Å². The minimum Gasteiger partial charge on any atom is -0.378 e. The molecule has 1 fully saturated rings. The number of ether oxygens (including phenoxy) is 1. The lowest BCUT2D eigenvalue weighted by molar-refractivity contribution is 0.103. The van der Waals surface area contributed by atoms with Crippen LogP contribution < -0.4 is 10.2 Å². The van der Waals surface area contributed by atoms with E-state index in [0.29, 0.717) is 34.6 Å². The van der Waals surface area contributed by atoms with Gasteiger partial charge in [0.25, 0.3) is 5.91 Å². The molecule has 1 aromatic carbocycles. The maximum atomic E-state index is 12.9. The van der Waals surface area contributed by atoms with Crippen LogP contribution >= 0.6 is 22.9 Å². The van der Waals surface area contributed by atoms with E-state index in [0.717, 1.165) is 34.7 Å². The van der Waals surface area contributed by atoms with Crippen molar-refractivity contribution in [3.8, 4) is 0 Å². The second-order valence-electron chi connectivity index (χ2n) is 6.39. The Bertz CT molecular complexity index is 1010. The molecule has 3 heterocycles. The topological polar surface area (TPSA) is 67.4 Å². The van der Waals surface area contributed by atoms with Crippen molar-refractivity contribution in [2.24, 2.45) is 0 Å². The normalized spacial score (nSPS) is 14.6. The number of nitrogens with zero attached hydrogens (tertiary/aromatic N) is 3. The van der Waals surface area contributed by atoms with Crippen LogP contribution in [0.1, 0.15) is 21.1 Å². The number of carbonyl (C=O) groups excluding carboxylic acids is 1. The van der Waals surface area contributed by atoms with Crippen molar-refractivity contribution in [3.63, 3.8) is 0 Å². The molecule has 1 amide bonds. The predicted octanol–water partition coefficient (Wildman–Crippen LogP) is 4.05. The van der Waals surface area contributed by atoms with E-state index in [1.165, 1.54) is 11.3 Å². The molecule has 0 aliphatic carbocycles. The maximum Gasteiger partial charge on any atom is 0.266 e. The van der Waals surface area contributed by atoms with Gasteiger partial charge in [-0.05, 0) is 37.6 Å². The zero-order valence-corrected chi connectivity index (χ0v) is 16.7. The Morgan fingerprint density at radius 2 is 2.04 bits per heavy atom. The molecule has 3 aromatic rings. The highest BCUT2D eigenvalue weighted by atomic mass is 35.5. The zero-order valence-electron chi connectivity index (χ0n) is 15.1. The third-order valence-corrected chi connectivity index (χ3v) is 5.90. The fourth-order valence-electron chi connectivity index (χ4n) is 3.20. The van der Waals surface area contributed by atoms with Gasteiger partial charge in [-0.25, -0.2) is 9.97 Å². The molecule has 1 N–H and O–H groups in total. The Morgan fingerprint density at radius 3 is 2.78 bits per heavy atom. The van der Waals surface area contributed by atoms with E-state index in [-0.39, 0.29) is 5.91 Å². The quantitative estimate of drug-likeness (QED) is 0.715. The van der Waals surface area contributed by atoms with Crippen molar-refractivity contribution in [1.29, 1.82) is 0 Å². The number of fused-ring (bicyclic) bond motifs is 1. The largest absolute Gasteiger partial charge is 0.378 e. The van der Waals surface area contributed by atoms with Gasteiger partial charge in [-0.2, -0.15) is 0 Å². The van der Waals surface area contributed by atoms with Gasteiger partial charge in [0.05, 0.1) is 23.5 Å². The summed E-state index contributed by atoms with van der Waals surface area (Å²) in [6, 6.07) is 7.12. The number of benzene rings is 1. The van der Waals surface area contributed by atoms with E-state index in [2.05, 4.69) is 20.2 Å². The van der Waals surface area contributed by atoms with Crippen LogP contribution in [0.15, 0.2) is 24.3 Å². The van der Waals surface area contributed by atoms with Gasteiger partial charge in [0.2, 0.25) is 0 Å². The molecular formula is C19H19ClN4O2S. The number of hydrogen-bond acceptors (Lipinski definition) is 6. The van der Waals surface area contributed by atoms with Gasteiger partial charge in [0.15, 0.2) is 0 Å². The van der Waals surface area contributed by atoms with E-state index in [9.17, 15) is 4.79 Å². The number of anilines is 2. The standard InChI is InChI=1S/C19H19ClN4O2S/c1-11-15-17(24-6-8-26-9-7-24)21-12(2)22-19(15)27-16(11)18(25)23-14-5-3-4-13(20)10-14/h3-5,10H,6-9H2,1-2H3,(H,23,25). The molecule has 0 atom stereocenters. The molecule has 27 heavy (non-hydrogen) atoms. The minimum atomic E-state index is -0.164. The lowest BCUT2D eigenvalue weighted by atomic mass is 10.1. The van der Waals surface area contributed by atoms with Gasteiger partial charge in [-0.15, -0.1) is 11.3 Å². The maximum absolute atomic E-state index is 12.9. The second-order valence-corrected chi connectivity index (χ2v) is 7.83. The molecular weight excluding hydrogens is 384 g/mol. The number of aromatic nitrogens is 2. The molecule has 0 unspecified atom stereocenters. The molecule has 0 radical (unpaired) electrons. The predicted molar refractivity (Wildman–Crippen MR) is 109 cm³/mol. The summed E-state index contributed by atoms with van der Waals surface area (Å²) < 4.78 is 5.46. The summed E-state index contributed by atoms with van der Waals surface area (Å²) >= 11 is 7.41. The van der Waals surface area contributed by atoms with Gasteiger partial charge >= 0.3 is 0 Å². The van der Waals surface area contributed by atoms with Crippen LogP contribution in [0.5, 0.6) is 0 Å². The Balaban J connectivity index is 1.74. The fourth-order valence-corrected chi connectivity index (χ4v) is 4.50. The number of carbonyl (C=O) groups is 1. The first-order chi connectivity index (χ1) is 13.0. The van der Waals surface area contributed by atoms with Crippen molar-refractivity contribution < 1.29 is 9.53 Å². The summed E-state index contributed by atoms with van der Waals surface area (Å²) in [7, 11) is 0. The molecule has 1 aliphatic heterocycles. The van der Waals surface area contributed by atoms with Crippen molar-refractivity contribution in [2.75, 3.05) is 36.5 Å². The molecule has 0 saturated carbocycles. The van der Waals surface area contributed by atoms with Gasteiger partial charge in [0.1, 0.15) is 16.5 Å². The van der Waals surface area contributed by atoms with Gasteiger partial charge < -0.3 is 15.0 Å². The highest BCUT2D eigenvalue weighted by Crippen LogP contribution is 2.36. The minimum absolute atomic E-state index is 0.164. The third kappa shape index (κ3) is 3.63. The molecule has 8 heteroatoms. The number of hydrogen-bond donors (Lipinski definition) is 1. The molecule has 2 aromatic heterocycles. The number of rotatable bonds is 3. The third-order valence-electron chi connectivity index (χ3n) is 4.48. The van der Waals surface area contributed by atoms with E-state index in [4.69, 9.17) is 16.3 Å². The average molecular weight is 403 g/mol. The summed E-state index contributed by atoms with van der Waals surface area (Å²) in [5.41, 5.74) is 1.57. The van der Waals surface area contributed by atoms with E-state index in [1.54, 1.807) is 18.2 Å². The van der Waals surface area contributed by atoms with Crippen molar-refractivity contribution >= 4 is 50.6 Å². The SMILES string of the molecule is Cc1nc(N2CCOCC2)c2c(C)c(C(=O)Nc3cccc(Cl)c3)sc2n1. The van der Waals surface area contributed by atoms with Crippen molar-refractivity contribution in [2.45, 2.75) is 13.8 Å². The molecule has 0 spiro atoms. The Kier molecular flexibility index (Phi) is 4.99. The van der Waals surface area contributed by atoms with E-state index in [1.807, 2.05) is 19.9 Å². The van der Waals surface area contributed by atoms with Crippen LogP contribution in [-0.4, -0.2) is 42.2 Å². The molecule has 1 aliphatic rings. The van der Waals surface area contributed by atoms with Crippen LogP contribution in [0.4, 0.5) is 11.5 Å². The monoisotopic (exact) mass is 402 g/mol. The highest BCUT2D eigenvalue weighted by Gasteiger charge is 2.23. The van der Waals surface area contributed by atoms with Crippen molar-refractivity contribution in [3.05, 3.63) is 45.6 Å². The first-order valence-electron chi connectivity index (χ1n) is 8.70. The van der Waals surface area contributed by atoms with Crippen LogP contribution in [0.2, 0.25) is 5.02 Å². The van der Waals surface area contributed by atoms with Crippen LogP contribution in [0.3, 0.4) is 0 Å². The lowest BCUT2D eigenvalue weighted by Crippen LogP contribution is -2.37. The number of nitrogens with one attached hydrogen (secondary N) is 1. The van der Waals surface area contributed by atoms with Crippen LogP contribution in [0.25, 0.3) is 10.2 Å². The summed E-state index contributed by atoms with van der Waals surface area (Å²) in [4.78, 5) is 25.8.